The number of hydrogen-bond acceptors (Lipinski definition) is 11. The van der Waals surface area contributed by atoms with Crippen LogP contribution in [0.2, 0.25) is 0 Å². The molecule has 0 spiro atoms. The molecule has 0 aromatic carbocycles. The van der Waals surface area contributed by atoms with E-state index in [1.807, 2.05) is 33.0 Å². The first-order valence-corrected chi connectivity index (χ1v) is 14.3. The van der Waals surface area contributed by atoms with Crippen LogP contribution in [-0.2, 0) is 0 Å². The first kappa shape index (κ1) is 27.5. The van der Waals surface area contributed by atoms with Crippen molar-refractivity contribution in [3.8, 4) is 10.6 Å². The predicted molar refractivity (Wildman–Crippen MR) is 152 cm³/mol. The second-order valence-corrected chi connectivity index (χ2v) is 13.6. The monoisotopic (exact) mass is 552 g/mol. The molecule has 0 aliphatic heterocycles. The van der Waals surface area contributed by atoms with Gasteiger partial charge in [0, 0.05) is 24.6 Å². The van der Waals surface area contributed by atoms with Crippen molar-refractivity contribution in [2.45, 2.75) is 90.5 Å². The lowest BCUT2D eigenvalue weighted by Gasteiger charge is -2.24. The number of thiazole rings is 1. The lowest BCUT2D eigenvalue weighted by Crippen LogP contribution is -2.39. The fourth-order valence-corrected chi connectivity index (χ4v) is 6.32. The van der Waals surface area contributed by atoms with Gasteiger partial charge in [-0.15, -0.1) is 11.3 Å². The molecule has 39 heavy (non-hydrogen) atoms. The SMILES string of the molecule is Cc1nc(NCC(C)(C)C)nc(N[C@@H]2C[C@H](C(C)(C)N=[N+]=N)[C@@H](O)[C@H]2O)c1-c1nc2c(C3CC3)nccc2s1. The largest absolute Gasteiger partial charge is 0.390 e. The van der Waals surface area contributed by atoms with Crippen LogP contribution >= 0.6 is 11.3 Å². The predicted octanol–water partition coefficient (Wildman–Crippen LogP) is 4.64. The van der Waals surface area contributed by atoms with E-state index < -0.39 is 29.7 Å². The van der Waals surface area contributed by atoms with Crippen molar-refractivity contribution in [1.82, 2.24) is 24.8 Å². The molecule has 2 fully saturated rings. The van der Waals surface area contributed by atoms with Gasteiger partial charge in [-0.3, -0.25) is 4.98 Å². The minimum Gasteiger partial charge on any atom is -0.390 e. The molecule has 2 saturated carbocycles. The van der Waals surface area contributed by atoms with Gasteiger partial charge < -0.3 is 20.8 Å². The Morgan fingerprint density at radius 1 is 1.13 bits per heavy atom. The lowest BCUT2D eigenvalue weighted by molar-refractivity contribution is 0.00215. The van der Waals surface area contributed by atoms with Crippen molar-refractivity contribution in [3.05, 3.63) is 23.7 Å². The second kappa shape index (κ2) is 10.2. The van der Waals surface area contributed by atoms with Gasteiger partial charge in [-0.2, -0.15) is 4.98 Å². The summed E-state index contributed by atoms with van der Waals surface area (Å²) in [4.78, 5) is 22.5. The highest BCUT2D eigenvalue weighted by Crippen LogP contribution is 2.45. The van der Waals surface area contributed by atoms with Gasteiger partial charge in [0.15, 0.2) is 0 Å². The van der Waals surface area contributed by atoms with Gasteiger partial charge in [0.1, 0.15) is 38.6 Å². The molecule has 0 bridgehead atoms. The van der Waals surface area contributed by atoms with Gasteiger partial charge >= 0.3 is 0 Å². The highest BCUT2D eigenvalue weighted by atomic mass is 32.1. The summed E-state index contributed by atoms with van der Waals surface area (Å²) in [6, 6.07) is 1.50. The van der Waals surface area contributed by atoms with Gasteiger partial charge in [0.25, 0.3) is 0 Å². The molecule has 11 nitrogen and oxygen atoms in total. The van der Waals surface area contributed by atoms with Crippen molar-refractivity contribution in [3.63, 3.8) is 0 Å². The maximum absolute atomic E-state index is 11.0. The van der Waals surface area contributed by atoms with Gasteiger partial charge in [-0.1, -0.05) is 20.8 Å². The Morgan fingerprint density at radius 3 is 2.54 bits per heavy atom. The first-order valence-electron chi connectivity index (χ1n) is 13.5. The summed E-state index contributed by atoms with van der Waals surface area (Å²) in [5.74, 6) is 1.12. The molecular weight excluding hydrogens is 514 g/mol. The summed E-state index contributed by atoms with van der Waals surface area (Å²) in [5, 5.41) is 33.5. The quantitative estimate of drug-likeness (QED) is 0.199. The number of rotatable bonds is 8. The topological polar surface area (TPSA) is 166 Å². The molecule has 0 unspecified atom stereocenters. The number of nitrogens with one attached hydrogen (secondary N) is 3. The molecular formula is C27H38N9O2S+. The zero-order valence-corrected chi connectivity index (χ0v) is 24.2. The van der Waals surface area contributed by atoms with E-state index in [4.69, 9.17) is 20.5 Å². The average molecular weight is 553 g/mol. The zero-order chi connectivity index (χ0) is 28.1. The molecule has 12 heteroatoms. The molecule has 2 aliphatic carbocycles. The van der Waals surface area contributed by atoms with E-state index in [0.29, 0.717) is 30.6 Å². The van der Waals surface area contributed by atoms with Crippen LogP contribution in [0.25, 0.3) is 20.8 Å². The molecule has 0 amide bonds. The molecule has 5 rings (SSSR count). The lowest BCUT2D eigenvalue weighted by atomic mass is 9.85. The van der Waals surface area contributed by atoms with E-state index >= 15 is 0 Å². The Balaban J connectivity index is 1.55. The normalized spacial score (nSPS) is 23.6. The molecule has 3 aromatic rings. The van der Waals surface area contributed by atoms with Crippen LogP contribution in [0.4, 0.5) is 11.8 Å². The Kier molecular flexibility index (Phi) is 7.17. The molecule has 4 atom stereocenters. The van der Waals surface area contributed by atoms with E-state index in [0.717, 1.165) is 45.0 Å². The highest BCUT2D eigenvalue weighted by Gasteiger charge is 2.51. The van der Waals surface area contributed by atoms with Gasteiger partial charge in [-0.25, -0.2) is 9.97 Å². The summed E-state index contributed by atoms with van der Waals surface area (Å²) in [6.07, 6.45) is 2.49. The summed E-state index contributed by atoms with van der Waals surface area (Å²) >= 11 is 1.58. The number of aliphatic hydroxyl groups excluding tert-OH is 2. The van der Waals surface area contributed by atoms with Crippen LogP contribution in [0.15, 0.2) is 17.4 Å². The van der Waals surface area contributed by atoms with Gasteiger partial charge in [0.2, 0.25) is 10.9 Å². The van der Waals surface area contributed by atoms with Crippen LogP contribution in [0.5, 0.6) is 0 Å². The summed E-state index contributed by atoms with van der Waals surface area (Å²) in [6.45, 7) is 12.7. The Labute approximate surface area is 232 Å². The molecule has 0 saturated heterocycles. The van der Waals surface area contributed by atoms with E-state index in [1.54, 1.807) is 11.3 Å². The van der Waals surface area contributed by atoms with Crippen molar-refractivity contribution in [2.75, 3.05) is 17.2 Å². The third kappa shape index (κ3) is 5.65. The molecule has 208 valence electrons. The molecule has 5 N–H and O–H groups in total. The number of aryl methyl sites for hydroxylation is 1. The van der Waals surface area contributed by atoms with Crippen molar-refractivity contribution in [1.29, 1.82) is 5.53 Å². The highest BCUT2D eigenvalue weighted by molar-refractivity contribution is 7.21. The second-order valence-electron chi connectivity index (χ2n) is 12.5. The Bertz CT molecular complexity index is 1420. The van der Waals surface area contributed by atoms with Crippen LogP contribution in [-0.4, -0.2) is 60.5 Å². The molecule has 0 radical (unpaired) electrons. The number of nitrogens with zero attached hydrogens (tertiary/aromatic N) is 6. The van der Waals surface area contributed by atoms with E-state index in [-0.39, 0.29) is 5.41 Å². The minimum atomic E-state index is -1.05. The van der Waals surface area contributed by atoms with E-state index in [2.05, 4.69) is 46.4 Å². The van der Waals surface area contributed by atoms with Gasteiger partial charge in [0.05, 0.1) is 33.8 Å². The third-order valence-electron chi connectivity index (χ3n) is 7.60. The summed E-state index contributed by atoms with van der Waals surface area (Å²) < 4.78 is 1.07. The molecule has 3 aromatic heterocycles. The van der Waals surface area contributed by atoms with Crippen molar-refractivity contribution in [2.24, 2.45) is 16.4 Å². The van der Waals surface area contributed by atoms with E-state index in [9.17, 15) is 10.2 Å². The average Bonchev–Trinajstić information content (AvgIpc) is 3.54. The maximum Gasteiger partial charge on any atom is 0.224 e. The number of anilines is 2. The summed E-state index contributed by atoms with van der Waals surface area (Å²) in [5.41, 5.74) is 9.92. The number of hydrogen-bond donors (Lipinski definition) is 5. The first-order chi connectivity index (χ1) is 18.4. The van der Waals surface area contributed by atoms with Crippen LogP contribution in [0.1, 0.15) is 71.2 Å². The smallest absolute Gasteiger partial charge is 0.224 e. The van der Waals surface area contributed by atoms with Gasteiger partial charge in [-0.05, 0) is 51.5 Å². The number of aromatic nitrogens is 4. The Morgan fingerprint density at radius 2 is 1.87 bits per heavy atom. The molecule has 2 aliphatic rings. The summed E-state index contributed by atoms with van der Waals surface area (Å²) in [7, 11) is 0. The minimum absolute atomic E-state index is 0.0275. The van der Waals surface area contributed by atoms with Crippen LogP contribution in [0, 0.1) is 23.8 Å². The van der Waals surface area contributed by atoms with E-state index in [1.165, 1.54) is 0 Å². The van der Waals surface area contributed by atoms with Crippen LogP contribution < -0.4 is 15.5 Å². The number of fused-ring (bicyclic) bond motifs is 1. The van der Waals surface area contributed by atoms with Crippen molar-refractivity contribution >= 4 is 33.3 Å². The fourth-order valence-electron chi connectivity index (χ4n) is 5.25. The third-order valence-corrected chi connectivity index (χ3v) is 8.64. The Hall–Kier alpha value is -3.05. The van der Waals surface area contributed by atoms with Crippen LogP contribution in [0.3, 0.4) is 0 Å². The van der Waals surface area contributed by atoms with Crippen molar-refractivity contribution < 1.29 is 10.2 Å². The number of pyridine rings is 1. The standard InChI is InChI=1S/C27H38N9O2S/c1-13-18(24-33-20-17(39-24)9-10-29-19(20)14-7-8-14)23(34-25(31-13)30-12-26(2,3)4)32-16-11-15(21(37)22(16)38)27(5,6)35-36-28/h9-10,14-16,21-22,28,37-38H,7-8,11-12H2,1-6H3,(H2,30,31,32,34)/q+1/t15-,16+,21+,22-/m0/s1. The molecule has 3 heterocycles. The number of aliphatic hydroxyl groups is 2. The zero-order valence-electron chi connectivity index (χ0n) is 23.4. The fraction of sp³-hybridized carbons (Fsp3) is 0.630. The maximum atomic E-state index is 11.0.